The molecule has 2 aliphatic heterocycles. The fraction of sp³-hybridized carbons (Fsp3) is 0.444. The Morgan fingerprint density at radius 2 is 1.64 bits per heavy atom. The largest absolute Gasteiger partial charge is 0.497 e. The molecule has 0 saturated carbocycles. The number of hydrogen-bond acceptors (Lipinski definition) is 6. The molecule has 3 amide bonds. The van der Waals surface area contributed by atoms with Crippen LogP contribution >= 0.6 is 0 Å². The topological polar surface area (TPSA) is 97.4 Å². The first-order valence-corrected chi connectivity index (χ1v) is 12.4. The first-order chi connectivity index (χ1) is 17.4. The first kappa shape index (κ1) is 25.3. The molecule has 0 aromatic heterocycles. The monoisotopic (exact) mass is 495 g/mol. The van der Waals surface area contributed by atoms with Gasteiger partial charge in [0.05, 0.1) is 7.11 Å². The second kappa shape index (κ2) is 11.3. The number of benzene rings is 2. The van der Waals surface area contributed by atoms with Crippen LogP contribution in [0.2, 0.25) is 0 Å². The van der Waals surface area contributed by atoms with Crippen molar-refractivity contribution >= 4 is 17.7 Å². The van der Waals surface area contributed by atoms with Gasteiger partial charge in [-0.25, -0.2) is 0 Å². The molecule has 9 heteroatoms. The van der Waals surface area contributed by atoms with Crippen LogP contribution in [0.5, 0.6) is 17.2 Å². The highest BCUT2D eigenvalue weighted by atomic mass is 16.7. The summed E-state index contributed by atoms with van der Waals surface area (Å²) in [6.07, 6.45) is 1.22. The van der Waals surface area contributed by atoms with Gasteiger partial charge >= 0.3 is 0 Å². The molecular weight excluding hydrogens is 462 g/mol. The summed E-state index contributed by atoms with van der Waals surface area (Å²) in [5, 5.41) is 2.99. The summed E-state index contributed by atoms with van der Waals surface area (Å²) in [6, 6.07) is 11.4. The van der Waals surface area contributed by atoms with Gasteiger partial charge in [-0.3, -0.25) is 14.4 Å². The smallest absolute Gasteiger partial charge is 0.253 e. The quantitative estimate of drug-likeness (QED) is 0.605. The van der Waals surface area contributed by atoms with E-state index >= 15 is 0 Å². The minimum absolute atomic E-state index is 0.0490. The number of nitrogens with one attached hydrogen (secondary N) is 1. The van der Waals surface area contributed by atoms with Gasteiger partial charge in [0.2, 0.25) is 12.7 Å². The molecule has 1 saturated heterocycles. The Bertz CT molecular complexity index is 1090. The summed E-state index contributed by atoms with van der Waals surface area (Å²) in [7, 11) is 1.59. The van der Waals surface area contributed by atoms with E-state index in [0.29, 0.717) is 67.4 Å². The number of likely N-dealkylation sites (N-methyl/N-ethyl adjacent to an activating group) is 1. The van der Waals surface area contributed by atoms with Crippen molar-refractivity contribution in [1.82, 2.24) is 15.1 Å². The molecule has 2 aliphatic rings. The van der Waals surface area contributed by atoms with Gasteiger partial charge in [-0.05, 0) is 75.1 Å². The van der Waals surface area contributed by atoms with Gasteiger partial charge in [0.15, 0.2) is 11.5 Å². The SMILES string of the molecule is CCN(CC)C(=O)C(NC(=O)c1ccc2c(c1)OCO2)C1CCN(C(=O)c2ccc(OC)cc2)CC1. The molecule has 192 valence electrons. The number of rotatable bonds is 8. The summed E-state index contributed by atoms with van der Waals surface area (Å²) >= 11 is 0. The van der Waals surface area contributed by atoms with Gasteiger partial charge in [0.1, 0.15) is 11.8 Å². The minimum Gasteiger partial charge on any atom is -0.497 e. The van der Waals surface area contributed by atoms with E-state index in [1.807, 2.05) is 13.8 Å². The second-order valence-corrected chi connectivity index (χ2v) is 8.89. The molecule has 1 fully saturated rings. The lowest BCUT2D eigenvalue weighted by atomic mass is 9.87. The van der Waals surface area contributed by atoms with Crippen molar-refractivity contribution in [1.29, 1.82) is 0 Å². The van der Waals surface area contributed by atoms with Crippen LogP contribution in [0.1, 0.15) is 47.4 Å². The molecule has 1 N–H and O–H groups in total. The van der Waals surface area contributed by atoms with E-state index < -0.39 is 6.04 Å². The number of carbonyl (C=O) groups is 3. The van der Waals surface area contributed by atoms with Crippen LogP contribution in [-0.4, -0.2) is 73.6 Å². The third-order valence-electron chi connectivity index (χ3n) is 6.90. The molecule has 0 spiro atoms. The minimum atomic E-state index is -0.680. The Labute approximate surface area is 211 Å². The van der Waals surface area contributed by atoms with Crippen LogP contribution in [0, 0.1) is 5.92 Å². The summed E-state index contributed by atoms with van der Waals surface area (Å²) in [5.41, 5.74) is 1.00. The number of nitrogens with zero attached hydrogens (tertiary/aromatic N) is 2. The zero-order chi connectivity index (χ0) is 25.7. The molecular formula is C27H33N3O6. The van der Waals surface area contributed by atoms with Crippen molar-refractivity contribution in [3.8, 4) is 17.2 Å². The Morgan fingerprint density at radius 3 is 2.28 bits per heavy atom. The van der Waals surface area contributed by atoms with Crippen LogP contribution in [0.15, 0.2) is 42.5 Å². The Morgan fingerprint density at radius 1 is 1.00 bits per heavy atom. The Kier molecular flexibility index (Phi) is 7.97. The molecule has 0 radical (unpaired) electrons. The normalized spacial score (nSPS) is 15.8. The zero-order valence-corrected chi connectivity index (χ0v) is 21.0. The molecule has 4 rings (SSSR count). The van der Waals surface area contributed by atoms with Gasteiger partial charge in [-0.1, -0.05) is 0 Å². The number of amides is 3. The van der Waals surface area contributed by atoms with E-state index in [1.54, 1.807) is 59.4 Å². The molecule has 36 heavy (non-hydrogen) atoms. The maximum Gasteiger partial charge on any atom is 0.253 e. The highest BCUT2D eigenvalue weighted by molar-refractivity contribution is 5.98. The lowest BCUT2D eigenvalue weighted by Crippen LogP contribution is -2.54. The van der Waals surface area contributed by atoms with Crippen molar-refractivity contribution in [2.75, 3.05) is 40.1 Å². The molecule has 0 aliphatic carbocycles. The van der Waals surface area contributed by atoms with Gasteiger partial charge < -0.3 is 29.3 Å². The predicted octanol–water partition coefficient (Wildman–Crippen LogP) is 2.94. The molecule has 9 nitrogen and oxygen atoms in total. The zero-order valence-electron chi connectivity index (χ0n) is 21.0. The van der Waals surface area contributed by atoms with Gasteiger partial charge in [0, 0.05) is 37.3 Å². The summed E-state index contributed by atoms with van der Waals surface area (Å²) < 4.78 is 15.9. The maximum atomic E-state index is 13.4. The fourth-order valence-electron chi connectivity index (χ4n) is 4.73. The number of methoxy groups -OCH3 is 1. The first-order valence-electron chi connectivity index (χ1n) is 12.4. The van der Waals surface area contributed by atoms with Gasteiger partial charge in [-0.15, -0.1) is 0 Å². The molecule has 1 unspecified atom stereocenters. The van der Waals surface area contributed by atoms with E-state index in [-0.39, 0.29) is 30.4 Å². The average Bonchev–Trinajstić information content (AvgIpc) is 3.40. The van der Waals surface area contributed by atoms with Crippen molar-refractivity contribution < 1.29 is 28.6 Å². The number of ether oxygens (including phenoxy) is 3. The van der Waals surface area contributed by atoms with E-state index in [2.05, 4.69) is 5.32 Å². The van der Waals surface area contributed by atoms with E-state index in [4.69, 9.17) is 14.2 Å². The van der Waals surface area contributed by atoms with E-state index in [1.165, 1.54) is 0 Å². The van der Waals surface area contributed by atoms with Crippen molar-refractivity contribution in [2.45, 2.75) is 32.7 Å². The maximum absolute atomic E-state index is 13.4. The Balaban J connectivity index is 1.46. The van der Waals surface area contributed by atoms with Crippen LogP contribution in [-0.2, 0) is 4.79 Å². The number of fused-ring (bicyclic) bond motifs is 1. The van der Waals surface area contributed by atoms with Crippen molar-refractivity contribution in [2.24, 2.45) is 5.92 Å². The van der Waals surface area contributed by atoms with Crippen molar-refractivity contribution in [3.63, 3.8) is 0 Å². The van der Waals surface area contributed by atoms with Crippen LogP contribution in [0.25, 0.3) is 0 Å². The van der Waals surface area contributed by atoms with E-state index in [0.717, 1.165) is 0 Å². The molecule has 2 heterocycles. The number of piperidine rings is 1. The van der Waals surface area contributed by atoms with Gasteiger partial charge in [0.25, 0.3) is 11.8 Å². The molecule has 0 bridgehead atoms. The molecule has 2 aromatic carbocycles. The number of likely N-dealkylation sites (tertiary alicyclic amines) is 1. The molecule has 2 aromatic rings. The van der Waals surface area contributed by atoms with Crippen LogP contribution < -0.4 is 19.5 Å². The lowest BCUT2D eigenvalue weighted by molar-refractivity contribution is -0.134. The van der Waals surface area contributed by atoms with Crippen LogP contribution in [0.4, 0.5) is 0 Å². The number of carbonyl (C=O) groups excluding carboxylic acids is 3. The summed E-state index contributed by atoms with van der Waals surface area (Å²) in [5.74, 6) is 1.23. The van der Waals surface area contributed by atoms with Gasteiger partial charge in [-0.2, -0.15) is 0 Å². The third kappa shape index (κ3) is 5.40. The average molecular weight is 496 g/mol. The highest BCUT2D eigenvalue weighted by Gasteiger charge is 2.36. The lowest BCUT2D eigenvalue weighted by Gasteiger charge is -2.37. The standard InChI is InChI=1S/C27H33N3O6/c1-4-29(5-2)27(33)24(28-25(31)20-8-11-22-23(16-20)36-17-35-22)18-12-14-30(15-13-18)26(32)19-6-9-21(34-3)10-7-19/h6-11,16,18,24H,4-5,12-15,17H2,1-3H3,(H,28,31). The predicted molar refractivity (Wildman–Crippen MR) is 133 cm³/mol. The Hall–Kier alpha value is -3.75. The summed E-state index contributed by atoms with van der Waals surface area (Å²) in [6.45, 7) is 6.11. The molecule has 1 atom stereocenters. The van der Waals surface area contributed by atoms with Crippen molar-refractivity contribution in [3.05, 3.63) is 53.6 Å². The second-order valence-electron chi connectivity index (χ2n) is 8.89. The van der Waals surface area contributed by atoms with E-state index in [9.17, 15) is 14.4 Å². The number of hydrogen-bond donors (Lipinski definition) is 1. The fourth-order valence-corrected chi connectivity index (χ4v) is 4.73. The highest BCUT2D eigenvalue weighted by Crippen LogP contribution is 2.32. The van der Waals surface area contributed by atoms with Crippen LogP contribution in [0.3, 0.4) is 0 Å². The summed E-state index contributed by atoms with van der Waals surface area (Å²) in [4.78, 5) is 43.1. The third-order valence-corrected chi connectivity index (χ3v) is 6.90.